The third-order valence-electron chi connectivity index (χ3n) is 4.48. The predicted molar refractivity (Wildman–Crippen MR) is 99.0 cm³/mol. The maximum atomic E-state index is 12.2. The second kappa shape index (κ2) is 7.94. The highest BCUT2D eigenvalue weighted by Gasteiger charge is 2.18. The summed E-state index contributed by atoms with van der Waals surface area (Å²) in [6.07, 6.45) is 8.72. The van der Waals surface area contributed by atoms with Gasteiger partial charge in [0.1, 0.15) is 5.82 Å². The fraction of sp³-hybridized carbons (Fsp3) is 0.316. The van der Waals surface area contributed by atoms with Crippen molar-refractivity contribution >= 4 is 11.7 Å². The quantitative estimate of drug-likeness (QED) is 0.742. The van der Waals surface area contributed by atoms with E-state index in [-0.39, 0.29) is 5.89 Å². The Labute approximate surface area is 156 Å². The number of nitrogens with zero attached hydrogens (tertiary/aromatic N) is 5. The first-order valence-electron chi connectivity index (χ1n) is 9.02. The Bertz CT molecular complexity index is 905. The Morgan fingerprint density at radius 1 is 1.19 bits per heavy atom. The van der Waals surface area contributed by atoms with E-state index in [1.807, 2.05) is 24.3 Å². The van der Waals surface area contributed by atoms with Crippen molar-refractivity contribution in [2.75, 3.05) is 18.0 Å². The zero-order valence-corrected chi connectivity index (χ0v) is 14.8. The van der Waals surface area contributed by atoms with E-state index in [0.717, 1.165) is 30.0 Å². The molecule has 4 rings (SSSR count). The zero-order chi connectivity index (χ0) is 18.5. The fourth-order valence-electron chi connectivity index (χ4n) is 3.05. The summed E-state index contributed by atoms with van der Waals surface area (Å²) in [4.78, 5) is 27.2. The molecule has 3 aromatic heterocycles. The van der Waals surface area contributed by atoms with Crippen LogP contribution in [0.2, 0.25) is 0 Å². The molecule has 0 atom stereocenters. The first kappa shape index (κ1) is 17.1. The molecule has 1 fully saturated rings. The van der Waals surface area contributed by atoms with Gasteiger partial charge in [-0.25, -0.2) is 4.98 Å². The number of carbonyl (C=O) groups excluding carboxylic acids is 1. The Morgan fingerprint density at radius 2 is 2.07 bits per heavy atom. The van der Waals surface area contributed by atoms with E-state index in [2.05, 4.69) is 30.3 Å². The van der Waals surface area contributed by atoms with Crippen molar-refractivity contribution in [2.24, 2.45) is 0 Å². The first-order chi connectivity index (χ1) is 13.3. The van der Waals surface area contributed by atoms with Crippen molar-refractivity contribution in [1.82, 2.24) is 25.4 Å². The number of rotatable bonds is 5. The number of amides is 1. The van der Waals surface area contributed by atoms with E-state index in [1.54, 1.807) is 18.6 Å². The van der Waals surface area contributed by atoms with Gasteiger partial charge in [-0.15, -0.1) is 0 Å². The smallest absolute Gasteiger partial charge is 0.316 e. The molecule has 3 aromatic rings. The molecule has 0 bridgehead atoms. The van der Waals surface area contributed by atoms with Crippen LogP contribution in [0, 0.1) is 0 Å². The molecule has 1 aliphatic heterocycles. The van der Waals surface area contributed by atoms with Crippen LogP contribution in [0.4, 0.5) is 5.82 Å². The highest BCUT2D eigenvalue weighted by molar-refractivity contribution is 5.89. The lowest BCUT2D eigenvalue weighted by molar-refractivity contribution is 0.0907. The molecule has 0 spiro atoms. The summed E-state index contributed by atoms with van der Waals surface area (Å²) in [7, 11) is 0. The highest BCUT2D eigenvalue weighted by Crippen LogP contribution is 2.23. The number of nitrogens with one attached hydrogen (secondary N) is 1. The molecule has 8 nitrogen and oxygen atoms in total. The molecule has 0 aliphatic carbocycles. The predicted octanol–water partition coefficient (Wildman–Crippen LogP) is 2.45. The molecule has 4 heterocycles. The standard InChI is InChI=1S/C19H20N6O2/c26-18(22-13-14-5-4-7-20-12-14)19-23-17(24-27-19)15-6-8-21-16(11-15)25-9-2-1-3-10-25/h4-8,11-12H,1-3,9-10,13H2,(H,22,26). The molecule has 1 saturated heterocycles. The van der Waals surface area contributed by atoms with Crippen LogP contribution in [0.1, 0.15) is 35.5 Å². The molecule has 1 N–H and O–H groups in total. The summed E-state index contributed by atoms with van der Waals surface area (Å²) in [5.74, 6) is 0.801. The van der Waals surface area contributed by atoms with Gasteiger partial charge < -0.3 is 14.7 Å². The summed E-state index contributed by atoms with van der Waals surface area (Å²) < 4.78 is 5.13. The molecule has 0 saturated carbocycles. The number of carbonyl (C=O) groups is 1. The normalized spacial score (nSPS) is 14.1. The Balaban J connectivity index is 1.45. The molecule has 0 aromatic carbocycles. The van der Waals surface area contributed by atoms with Crippen LogP contribution >= 0.6 is 0 Å². The molecule has 1 aliphatic rings. The highest BCUT2D eigenvalue weighted by atomic mass is 16.5. The van der Waals surface area contributed by atoms with Crippen molar-refractivity contribution in [3.05, 3.63) is 54.3 Å². The number of pyridine rings is 2. The van der Waals surface area contributed by atoms with Crippen molar-refractivity contribution < 1.29 is 9.32 Å². The lowest BCUT2D eigenvalue weighted by atomic mass is 10.1. The third-order valence-corrected chi connectivity index (χ3v) is 4.48. The third kappa shape index (κ3) is 4.11. The molecule has 27 heavy (non-hydrogen) atoms. The van der Waals surface area contributed by atoms with Gasteiger partial charge in [0.2, 0.25) is 5.82 Å². The molecular formula is C19H20N6O2. The maximum absolute atomic E-state index is 12.2. The Kier molecular flexibility index (Phi) is 5.04. The summed E-state index contributed by atoms with van der Waals surface area (Å²) >= 11 is 0. The van der Waals surface area contributed by atoms with Crippen molar-refractivity contribution in [2.45, 2.75) is 25.8 Å². The van der Waals surface area contributed by atoms with Crippen LogP contribution in [0.15, 0.2) is 47.4 Å². The number of hydrogen-bond acceptors (Lipinski definition) is 7. The van der Waals surface area contributed by atoms with Crippen LogP contribution in [-0.2, 0) is 6.54 Å². The van der Waals surface area contributed by atoms with E-state index in [9.17, 15) is 4.79 Å². The lowest BCUT2D eigenvalue weighted by Gasteiger charge is -2.27. The largest absolute Gasteiger partial charge is 0.357 e. The zero-order valence-electron chi connectivity index (χ0n) is 14.8. The van der Waals surface area contributed by atoms with E-state index in [4.69, 9.17) is 4.52 Å². The van der Waals surface area contributed by atoms with Gasteiger partial charge in [-0.05, 0) is 43.0 Å². The molecule has 1 amide bonds. The number of aromatic nitrogens is 4. The topological polar surface area (TPSA) is 97.0 Å². The molecule has 0 radical (unpaired) electrons. The van der Waals surface area contributed by atoms with Crippen molar-refractivity contribution in [1.29, 1.82) is 0 Å². The molecular weight excluding hydrogens is 344 g/mol. The van der Waals surface area contributed by atoms with Crippen LogP contribution < -0.4 is 10.2 Å². The Hall–Kier alpha value is -3.29. The van der Waals surface area contributed by atoms with Crippen molar-refractivity contribution in [3.63, 3.8) is 0 Å². The van der Waals surface area contributed by atoms with E-state index >= 15 is 0 Å². The minimum Gasteiger partial charge on any atom is -0.357 e. The summed E-state index contributed by atoms with van der Waals surface area (Å²) in [6.45, 7) is 2.36. The molecule has 8 heteroatoms. The monoisotopic (exact) mass is 364 g/mol. The van der Waals surface area contributed by atoms with Gasteiger partial charge in [0, 0.05) is 43.8 Å². The minimum absolute atomic E-state index is 0.0646. The van der Waals surface area contributed by atoms with Gasteiger partial charge in [-0.2, -0.15) is 4.98 Å². The minimum atomic E-state index is -0.414. The van der Waals surface area contributed by atoms with E-state index in [0.29, 0.717) is 12.4 Å². The van der Waals surface area contributed by atoms with Gasteiger partial charge in [0.15, 0.2) is 0 Å². The van der Waals surface area contributed by atoms with Crippen LogP contribution in [0.5, 0.6) is 0 Å². The van der Waals surface area contributed by atoms with Gasteiger partial charge in [-0.1, -0.05) is 11.2 Å². The summed E-state index contributed by atoms with van der Waals surface area (Å²) in [5.41, 5.74) is 1.67. The first-order valence-corrected chi connectivity index (χ1v) is 9.02. The SMILES string of the molecule is O=C(NCc1cccnc1)c1nc(-c2ccnc(N3CCCCC3)c2)no1. The number of hydrogen-bond donors (Lipinski definition) is 1. The van der Waals surface area contributed by atoms with E-state index in [1.165, 1.54) is 19.3 Å². The molecule has 138 valence electrons. The fourth-order valence-corrected chi connectivity index (χ4v) is 3.05. The van der Waals surface area contributed by atoms with Crippen LogP contribution in [-0.4, -0.2) is 39.1 Å². The average Bonchev–Trinajstić information content (AvgIpc) is 3.24. The van der Waals surface area contributed by atoms with Gasteiger partial charge in [0.05, 0.1) is 0 Å². The number of piperidine rings is 1. The van der Waals surface area contributed by atoms with Gasteiger partial charge in [-0.3, -0.25) is 9.78 Å². The van der Waals surface area contributed by atoms with Gasteiger partial charge in [0.25, 0.3) is 0 Å². The van der Waals surface area contributed by atoms with E-state index < -0.39 is 5.91 Å². The number of anilines is 1. The summed E-state index contributed by atoms with van der Waals surface area (Å²) in [6, 6.07) is 7.45. The van der Waals surface area contributed by atoms with Crippen molar-refractivity contribution in [3.8, 4) is 11.4 Å². The second-order valence-corrected chi connectivity index (χ2v) is 6.42. The second-order valence-electron chi connectivity index (χ2n) is 6.42. The van der Waals surface area contributed by atoms with Crippen LogP contribution in [0.25, 0.3) is 11.4 Å². The average molecular weight is 364 g/mol. The summed E-state index contributed by atoms with van der Waals surface area (Å²) in [5, 5.41) is 6.69. The maximum Gasteiger partial charge on any atom is 0.316 e. The van der Waals surface area contributed by atoms with Gasteiger partial charge >= 0.3 is 11.8 Å². The Morgan fingerprint density at radius 3 is 2.89 bits per heavy atom. The lowest BCUT2D eigenvalue weighted by Crippen LogP contribution is -2.30. The molecule has 0 unspecified atom stereocenters. The van der Waals surface area contributed by atoms with Crippen LogP contribution in [0.3, 0.4) is 0 Å².